The van der Waals surface area contributed by atoms with Crippen LogP contribution in [0.1, 0.15) is 16.7 Å². The lowest BCUT2D eigenvalue weighted by Crippen LogP contribution is -2.28. The highest BCUT2D eigenvalue weighted by molar-refractivity contribution is 5.91. The second-order valence-corrected chi connectivity index (χ2v) is 5.74. The van der Waals surface area contributed by atoms with Gasteiger partial charge in [0.1, 0.15) is 12.4 Å². The van der Waals surface area contributed by atoms with E-state index in [2.05, 4.69) is 30.1 Å². The van der Waals surface area contributed by atoms with Crippen LogP contribution in [0.3, 0.4) is 0 Å². The van der Waals surface area contributed by atoms with E-state index in [-0.39, 0.29) is 12.2 Å². The topological polar surface area (TPSA) is 40.0 Å². The van der Waals surface area contributed by atoms with E-state index in [9.17, 15) is 0 Å². The van der Waals surface area contributed by atoms with Gasteiger partial charge in [0.25, 0.3) is 0 Å². The van der Waals surface area contributed by atoms with Crippen LogP contribution in [0.25, 0.3) is 0 Å². The van der Waals surface area contributed by atoms with Crippen LogP contribution in [0.15, 0.2) is 35.3 Å². The van der Waals surface area contributed by atoms with Crippen molar-refractivity contribution in [1.82, 2.24) is 0 Å². The van der Waals surface area contributed by atoms with E-state index in [0.717, 1.165) is 28.5 Å². The minimum absolute atomic E-state index is 0.273. The van der Waals surface area contributed by atoms with Gasteiger partial charge in [-0.05, 0) is 24.6 Å². The van der Waals surface area contributed by atoms with Crippen molar-refractivity contribution in [2.24, 2.45) is 4.99 Å². The second-order valence-electron chi connectivity index (χ2n) is 5.74. The predicted octanol–water partition coefficient (Wildman–Crippen LogP) is 3.12. The van der Waals surface area contributed by atoms with Gasteiger partial charge in [-0.3, -0.25) is 4.99 Å². The van der Waals surface area contributed by atoms with E-state index in [0.29, 0.717) is 6.61 Å². The number of fused-ring (bicyclic) bond motifs is 5. The molecule has 0 aromatic heterocycles. The maximum Gasteiger partial charge on any atom is 0.231 e. The molecule has 3 heterocycles. The van der Waals surface area contributed by atoms with Gasteiger partial charge in [0.15, 0.2) is 11.5 Å². The van der Waals surface area contributed by atoms with Crippen LogP contribution in [-0.2, 0) is 5.41 Å². The summed E-state index contributed by atoms with van der Waals surface area (Å²) < 4.78 is 16.9. The Kier molecular flexibility index (Phi) is 1.91. The summed E-state index contributed by atoms with van der Waals surface area (Å²) in [5.41, 5.74) is 4.28. The van der Waals surface area contributed by atoms with Gasteiger partial charge in [-0.1, -0.05) is 17.7 Å². The van der Waals surface area contributed by atoms with E-state index in [1.165, 1.54) is 11.1 Å². The van der Waals surface area contributed by atoms with Crippen molar-refractivity contribution < 1.29 is 14.2 Å². The second kappa shape index (κ2) is 3.58. The third-order valence-electron chi connectivity index (χ3n) is 4.47. The van der Waals surface area contributed by atoms with Gasteiger partial charge in [0.05, 0.1) is 11.1 Å². The van der Waals surface area contributed by atoms with Crippen molar-refractivity contribution in [3.8, 4) is 17.2 Å². The largest absolute Gasteiger partial charge is 0.491 e. The summed E-state index contributed by atoms with van der Waals surface area (Å²) in [6, 6.07) is 10.3. The van der Waals surface area contributed by atoms with E-state index >= 15 is 0 Å². The molecule has 1 unspecified atom stereocenters. The van der Waals surface area contributed by atoms with E-state index < -0.39 is 0 Å². The van der Waals surface area contributed by atoms with Crippen molar-refractivity contribution in [3.63, 3.8) is 0 Å². The fourth-order valence-corrected chi connectivity index (χ4v) is 3.36. The Balaban J connectivity index is 1.76. The molecule has 0 radical (unpaired) electrons. The average Bonchev–Trinajstić information content (AvgIpc) is 3.17. The van der Waals surface area contributed by atoms with Gasteiger partial charge in [-0.15, -0.1) is 0 Å². The molecule has 0 amide bonds. The van der Waals surface area contributed by atoms with Crippen LogP contribution in [0.2, 0.25) is 0 Å². The lowest BCUT2D eigenvalue weighted by Gasteiger charge is -2.21. The number of aliphatic imine (C=N–C) groups is 1. The molecule has 0 saturated carbocycles. The van der Waals surface area contributed by atoms with Crippen LogP contribution >= 0.6 is 0 Å². The predicted molar refractivity (Wildman–Crippen MR) is 78.2 cm³/mol. The van der Waals surface area contributed by atoms with E-state index in [4.69, 9.17) is 14.2 Å². The molecule has 1 spiro atoms. The molecule has 0 saturated heterocycles. The van der Waals surface area contributed by atoms with Crippen molar-refractivity contribution in [3.05, 3.63) is 47.0 Å². The molecular weight excluding hydrogens is 266 g/mol. The standard InChI is InChI=1S/C17H13NO3/c1-10-2-3-13-11(4-10)17(7-18-13)8-19-14-6-16-15(5-12(14)17)20-9-21-16/h2-7H,8-9H2,1H3. The first-order chi connectivity index (χ1) is 10.3. The lowest BCUT2D eigenvalue weighted by atomic mass is 9.77. The number of hydrogen-bond acceptors (Lipinski definition) is 4. The number of hydrogen-bond donors (Lipinski definition) is 0. The van der Waals surface area contributed by atoms with Gasteiger partial charge in [-0.25, -0.2) is 0 Å². The number of benzene rings is 2. The van der Waals surface area contributed by atoms with Crippen LogP contribution in [0.5, 0.6) is 17.2 Å². The van der Waals surface area contributed by atoms with Crippen molar-refractivity contribution in [2.75, 3.05) is 13.4 Å². The third-order valence-corrected chi connectivity index (χ3v) is 4.47. The van der Waals surface area contributed by atoms with Crippen molar-refractivity contribution in [1.29, 1.82) is 0 Å². The summed E-state index contributed by atoms with van der Waals surface area (Å²) in [5.74, 6) is 2.40. The fraction of sp³-hybridized carbons (Fsp3) is 0.235. The Morgan fingerprint density at radius 3 is 2.71 bits per heavy atom. The summed E-state index contributed by atoms with van der Waals surface area (Å²) >= 11 is 0. The van der Waals surface area contributed by atoms with Crippen molar-refractivity contribution >= 4 is 11.9 Å². The molecule has 104 valence electrons. The summed E-state index contributed by atoms with van der Waals surface area (Å²) in [7, 11) is 0. The molecule has 1 atom stereocenters. The highest BCUT2D eigenvalue weighted by Gasteiger charge is 2.46. The van der Waals surface area contributed by atoms with Crippen LogP contribution in [0.4, 0.5) is 5.69 Å². The molecule has 0 N–H and O–H groups in total. The van der Waals surface area contributed by atoms with Gasteiger partial charge in [-0.2, -0.15) is 0 Å². The molecule has 2 aromatic rings. The first-order valence-electron chi connectivity index (χ1n) is 7.00. The highest BCUT2D eigenvalue weighted by atomic mass is 16.7. The zero-order chi connectivity index (χ0) is 14.0. The maximum atomic E-state index is 5.93. The number of rotatable bonds is 0. The molecule has 0 fully saturated rings. The maximum absolute atomic E-state index is 5.93. The Hall–Kier alpha value is -2.49. The monoisotopic (exact) mass is 279 g/mol. The molecule has 4 nitrogen and oxygen atoms in total. The minimum atomic E-state index is -0.294. The van der Waals surface area contributed by atoms with Crippen molar-refractivity contribution in [2.45, 2.75) is 12.3 Å². The number of nitrogens with zero attached hydrogens (tertiary/aromatic N) is 1. The quantitative estimate of drug-likeness (QED) is 0.744. The van der Waals surface area contributed by atoms with Gasteiger partial charge < -0.3 is 14.2 Å². The number of aryl methyl sites for hydroxylation is 1. The summed E-state index contributed by atoms with van der Waals surface area (Å²) in [6.45, 7) is 2.95. The Labute approximate surface area is 122 Å². The van der Waals surface area contributed by atoms with Crippen LogP contribution < -0.4 is 14.2 Å². The van der Waals surface area contributed by atoms with E-state index in [1.54, 1.807) is 0 Å². The van der Waals surface area contributed by atoms with Crippen LogP contribution in [0, 0.1) is 6.92 Å². The Morgan fingerprint density at radius 1 is 0.952 bits per heavy atom. The summed E-state index contributed by atoms with van der Waals surface area (Å²) in [6.07, 6.45) is 2.01. The molecule has 21 heavy (non-hydrogen) atoms. The van der Waals surface area contributed by atoms with Crippen LogP contribution in [-0.4, -0.2) is 19.6 Å². The average molecular weight is 279 g/mol. The fourth-order valence-electron chi connectivity index (χ4n) is 3.36. The van der Waals surface area contributed by atoms with Gasteiger partial charge >= 0.3 is 0 Å². The molecular formula is C17H13NO3. The van der Waals surface area contributed by atoms with Gasteiger partial charge in [0.2, 0.25) is 6.79 Å². The van der Waals surface area contributed by atoms with Gasteiger partial charge in [0, 0.05) is 17.8 Å². The summed E-state index contributed by atoms with van der Waals surface area (Å²) in [5, 5.41) is 0. The smallest absolute Gasteiger partial charge is 0.231 e. The zero-order valence-corrected chi connectivity index (χ0v) is 11.6. The lowest BCUT2D eigenvalue weighted by molar-refractivity contribution is 0.173. The molecule has 3 aliphatic heterocycles. The normalized spacial score (nSPS) is 23.3. The first kappa shape index (κ1) is 11.2. The Morgan fingerprint density at radius 2 is 1.81 bits per heavy atom. The zero-order valence-electron chi connectivity index (χ0n) is 11.6. The third kappa shape index (κ3) is 1.32. The number of ether oxygens (including phenoxy) is 3. The molecule has 0 aliphatic carbocycles. The Bertz CT molecular complexity index is 812. The SMILES string of the molecule is Cc1ccc2c(c1)C1(C=N2)COc2cc3c(cc21)OCO3. The minimum Gasteiger partial charge on any atom is -0.491 e. The summed E-state index contributed by atoms with van der Waals surface area (Å²) in [4.78, 5) is 4.59. The molecule has 3 aliphatic rings. The molecule has 0 bridgehead atoms. The highest BCUT2D eigenvalue weighted by Crippen LogP contribution is 2.52. The molecule has 2 aromatic carbocycles. The molecule has 4 heteroatoms. The first-order valence-corrected chi connectivity index (χ1v) is 7.00. The molecule has 5 rings (SSSR count). The van der Waals surface area contributed by atoms with E-state index in [1.807, 2.05) is 18.3 Å².